The Morgan fingerprint density at radius 1 is 1.35 bits per heavy atom. The Kier molecular flexibility index (Phi) is 6.93. The highest BCUT2D eigenvalue weighted by molar-refractivity contribution is 5.76. The Morgan fingerprint density at radius 3 is 2.55 bits per heavy atom. The predicted molar refractivity (Wildman–Crippen MR) is 73.0 cm³/mol. The Balaban J connectivity index is 2.39. The number of nitrogens with zero attached hydrogens (tertiary/aromatic N) is 1. The van der Waals surface area contributed by atoms with Crippen molar-refractivity contribution in [3.8, 4) is 5.75 Å². The fourth-order valence-electron chi connectivity index (χ4n) is 1.68. The average molecular weight is 286 g/mol. The molecule has 0 radical (unpaired) electrons. The normalized spacial score (nSPS) is 10.7. The van der Waals surface area contributed by atoms with E-state index in [0.29, 0.717) is 19.4 Å². The van der Waals surface area contributed by atoms with Crippen LogP contribution >= 0.6 is 0 Å². The molecule has 0 aromatic heterocycles. The lowest BCUT2D eigenvalue weighted by Crippen LogP contribution is -2.32. The summed E-state index contributed by atoms with van der Waals surface area (Å²) in [5, 5.41) is 2.98. The fraction of sp³-hybridized carbons (Fsp3) is 0.500. The van der Waals surface area contributed by atoms with Gasteiger partial charge in [0.1, 0.15) is 5.75 Å². The highest BCUT2D eigenvalue weighted by atomic mass is 19.3. The molecule has 0 heterocycles. The van der Waals surface area contributed by atoms with Gasteiger partial charge in [0.15, 0.2) is 0 Å². The lowest BCUT2D eigenvalue weighted by Gasteiger charge is -2.16. The Labute approximate surface area is 117 Å². The molecule has 0 saturated carbocycles. The molecule has 0 aliphatic carbocycles. The van der Waals surface area contributed by atoms with E-state index in [0.717, 1.165) is 12.1 Å². The van der Waals surface area contributed by atoms with E-state index in [1.807, 2.05) is 7.05 Å². The van der Waals surface area contributed by atoms with Crippen molar-refractivity contribution in [2.75, 3.05) is 27.2 Å². The lowest BCUT2D eigenvalue weighted by atomic mass is 10.1. The molecule has 0 atom stereocenters. The zero-order chi connectivity index (χ0) is 15.0. The molecule has 4 nitrogen and oxygen atoms in total. The molecule has 1 N–H and O–H groups in total. The zero-order valence-corrected chi connectivity index (χ0v) is 11.7. The summed E-state index contributed by atoms with van der Waals surface area (Å²) in [7, 11) is 3.60. The first-order chi connectivity index (χ1) is 9.52. The van der Waals surface area contributed by atoms with Crippen LogP contribution in [0, 0.1) is 0 Å². The monoisotopic (exact) mass is 286 g/mol. The lowest BCUT2D eigenvalue weighted by molar-refractivity contribution is -0.129. The van der Waals surface area contributed by atoms with Gasteiger partial charge in [-0.15, -0.1) is 0 Å². The van der Waals surface area contributed by atoms with Crippen molar-refractivity contribution in [2.45, 2.75) is 19.5 Å². The maximum atomic E-state index is 12.0. The molecular formula is C14H20F2N2O2. The van der Waals surface area contributed by atoms with Crippen LogP contribution in [-0.2, 0) is 11.2 Å². The van der Waals surface area contributed by atoms with Gasteiger partial charge in [-0.2, -0.15) is 8.78 Å². The molecule has 0 saturated heterocycles. The number of amides is 1. The van der Waals surface area contributed by atoms with Gasteiger partial charge >= 0.3 is 6.61 Å². The standard InChI is InChI=1S/C14H20F2N2O2/c1-17-9-10-18(2)13(19)8-5-11-3-6-12(7-4-11)20-14(15)16/h3-4,6-7,14,17H,5,8-10H2,1-2H3. The quantitative estimate of drug-likeness (QED) is 0.793. The van der Waals surface area contributed by atoms with Crippen molar-refractivity contribution >= 4 is 5.91 Å². The molecule has 0 aliphatic heterocycles. The van der Waals surface area contributed by atoms with Crippen molar-refractivity contribution < 1.29 is 18.3 Å². The molecule has 0 unspecified atom stereocenters. The fourth-order valence-corrected chi connectivity index (χ4v) is 1.68. The molecule has 0 bridgehead atoms. The van der Waals surface area contributed by atoms with Gasteiger partial charge in [0.2, 0.25) is 5.91 Å². The van der Waals surface area contributed by atoms with Gasteiger partial charge in [-0.05, 0) is 31.2 Å². The van der Waals surface area contributed by atoms with Gasteiger partial charge in [-0.25, -0.2) is 0 Å². The smallest absolute Gasteiger partial charge is 0.387 e. The van der Waals surface area contributed by atoms with Crippen molar-refractivity contribution in [1.82, 2.24) is 10.2 Å². The Morgan fingerprint density at radius 2 is 2.00 bits per heavy atom. The molecule has 1 amide bonds. The highest BCUT2D eigenvalue weighted by Gasteiger charge is 2.08. The van der Waals surface area contributed by atoms with Crippen LogP contribution in [-0.4, -0.2) is 44.6 Å². The van der Waals surface area contributed by atoms with E-state index in [1.54, 1.807) is 24.1 Å². The van der Waals surface area contributed by atoms with Gasteiger partial charge in [0.05, 0.1) is 0 Å². The van der Waals surface area contributed by atoms with Crippen molar-refractivity contribution in [3.05, 3.63) is 29.8 Å². The van der Waals surface area contributed by atoms with Gasteiger partial charge < -0.3 is 15.0 Å². The molecule has 0 fully saturated rings. The number of carbonyl (C=O) groups is 1. The predicted octanol–water partition coefficient (Wildman–Crippen LogP) is 1.90. The van der Waals surface area contributed by atoms with E-state index < -0.39 is 6.61 Å². The number of aryl methyl sites for hydroxylation is 1. The van der Waals surface area contributed by atoms with E-state index in [-0.39, 0.29) is 11.7 Å². The minimum Gasteiger partial charge on any atom is -0.435 e. The molecule has 112 valence electrons. The van der Waals surface area contributed by atoms with E-state index in [1.165, 1.54) is 12.1 Å². The summed E-state index contributed by atoms with van der Waals surface area (Å²) >= 11 is 0. The third kappa shape index (κ3) is 5.97. The van der Waals surface area contributed by atoms with Gasteiger partial charge in [-0.3, -0.25) is 4.79 Å². The second-order valence-electron chi connectivity index (χ2n) is 4.44. The number of ether oxygens (including phenoxy) is 1. The maximum absolute atomic E-state index is 12.0. The topological polar surface area (TPSA) is 41.6 Å². The van der Waals surface area contributed by atoms with Crippen molar-refractivity contribution in [1.29, 1.82) is 0 Å². The first-order valence-corrected chi connectivity index (χ1v) is 6.45. The van der Waals surface area contributed by atoms with Crippen molar-refractivity contribution in [3.63, 3.8) is 0 Å². The first kappa shape index (κ1) is 16.4. The number of likely N-dealkylation sites (N-methyl/N-ethyl adjacent to an activating group) is 2. The van der Waals surface area contributed by atoms with Crippen LogP contribution in [0.15, 0.2) is 24.3 Å². The van der Waals surface area contributed by atoms with Crippen LogP contribution in [0.25, 0.3) is 0 Å². The van der Waals surface area contributed by atoms with E-state index in [2.05, 4.69) is 10.1 Å². The molecular weight excluding hydrogens is 266 g/mol. The minimum absolute atomic E-state index is 0.0631. The summed E-state index contributed by atoms with van der Waals surface area (Å²) in [6, 6.07) is 6.35. The summed E-state index contributed by atoms with van der Waals surface area (Å²) in [5.74, 6) is 0.189. The number of hydrogen-bond donors (Lipinski definition) is 1. The third-order valence-corrected chi connectivity index (χ3v) is 2.90. The summed E-state index contributed by atoms with van der Waals surface area (Å²) in [6.07, 6.45) is 0.979. The van der Waals surface area contributed by atoms with Gasteiger partial charge in [0.25, 0.3) is 0 Å². The molecule has 0 spiro atoms. The van der Waals surface area contributed by atoms with Crippen LogP contribution < -0.4 is 10.1 Å². The summed E-state index contributed by atoms with van der Waals surface area (Å²) in [6.45, 7) is -1.40. The van der Waals surface area contributed by atoms with Gasteiger partial charge in [0, 0.05) is 26.6 Å². The maximum Gasteiger partial charge on any atom is 0.387 e. The second-order valence-corrected chi connectivity index (χ2v) is 4.44. The molecule has 1 aromatic rings. The summed E-state index contributed by atoms with van der Waals surface area (Å²) in [4.78, 5) is 13.5. The molecule has 1 aromatic carbocycles. The molecule has 6 heteroatoms. The number of halogens is 2. The Bertz CT molecular complexity index is 410. The van der Waals surface area contributed by atoms with Crippen LogP contribution in [0.3, 0.4) is 0 Å². The summed E-state index contributed by atoms with van der Waals surface area (Å²) in [5.41, 5.74) is 0.919. The zero-order valence-electron chi connectivity index (χ0n) is 11.7. The van der Waals surface area contributed by atoms with E-state index in [9.17, 15) is 13.6 Å². The largest absolute Gasteiger partial charge is 0.435 e. The number of rotatable bonds is 8. The highest BCUT2D eigenvalue weighted by Crippen LogP contribution is 2.15. The van der Waals surface area contributed by atoms with E-state index in [4.69, 9.17) is 0 Å². The molecule has 20 heavy (non-hydrogen) atoms. The van der Waals surface area contributed by atoms with Crippen LogP contribution in [0.5, 0.6) is 5.75 Å². The number of nitrogens with one attached hydrogen (secondary N) is 1. The number of benzene rings is 1. The summed E-state index contributed by atoms with van der Waals surface area (Å²) < 4.78 is 28.2. The van der Waals surface area contributed by atoms with Crippen LogP contribution in [0.4, 0.5) is 8.78 Å². The molecule has 0 aliphatic rings. The minimum atomic E-state index is -2.82. The van der Waals surface area contributed by atoms with E-state index >= 15 is 0 Å². The van der Waals surface area contributed by atoms with Crippen LogP contribution in [0.1, 0.15) is 12.0 Å². The molecule has 1 rings (SSSR count). The first-order valence-electron chi connectivity index (χ1n) is 6.45. The number of carbonyl (C=O) groups excluding carboxylic acids is 1. The second kappa shape index (κ2) is 8.47. The van der Waals surface area contributed by atoms with Crippen molar-refractivity contribution in [2.24, 2.45) is 0 Å². The SMILES string of the molecule is CNCCN(C)C(=O)CCc1ccc(OC(F)F)cc1. The number of alkyl halides is 2. The van der Waals surface area contributed by atoms with Crippen LogP contribution in [0.2, 0.25) is 0 Å². The van der Waals surface area contributed by atoms with Gasteiger partial charge in [-0.1, -0.05) is 12.1 Å². The Hall–Kier alpha value is -1.69. The number of hydrogen-bond acceptors (Lipinski definition) is 3. The average Bonchev–Trinajstić information content (AvgIpc) is 2.43. The third-order valence-electron chi connectivity index (χ3n) is 2.90.